The lowest BCUT2D eigenvalue weighted by Crippen LogP contribution is -2.50. The lowest BCUT2D eigenvalue weighted by molar-refractivity contribution is -0.00229. The van der Waals surface area contributed by atoms with E-state index >= 15 is 0 Å². The van der Waals surface area contributed by atoms with Gasteiger partial charge in [-0.15, -0.1) is 0 Å². The summed E-state index contributed by atoms with van der Waals surface area (Å²) in [6, 6.07) is 0. The average molecular weight is 199 g/mol. The molecule has 14 heavy (non-hydrogen) atoms. The van der Waals surface area contributed by atoms with E-state index in [0.717, 1.165) is 26.2 Å². The fraction of sp³-hybridized carbons (Fsp3) is 1.00. The Morgan fingerprint density at radius 3 is 2.71 bits per heavy atom. The number of hydrogen-bond acceptors (Lipinski definition) is 4. The topological polar surface area (TPSA) is 27.7 Å². The van der Waals surface area contributed by atoms with Gasteiger partial charge >= 0.3 is 0 Å². The highest BCUT2D eigenvalue weighted by Crippen LogP contribution is 2.03. The minimum Gasteiger partial charge on any atom is -0.374 e. The zero-order valence-corrected chi connectivity index (χ0v) is 9.04. The molecule has 2 saturated heterocycles. The summed E-state index contributed by atoms with van der Waals surface area (Å²) >= 11 is 0. The maximum absolute atomic E-state index is 5.69. The fourth-order valence-corrected chi connectivity index (χ4v) is 2.06. The molecule has 4 heteroatoms. The summed E-state index contributed by atoms with van der Waals surface area (Å²) in [7, 11) is 2.19. The number of ether oxygens (including phenoxy) is 1. The van der Waals surface area contributed by atoms with Gasteiger partial charge in [0.15, 0.2) is 0 Å². The minimum absolute atomic E-state index is 0.409. The zero-order chi connectivity index (χ0) is 9.80. The predicted molar refractivity (Wildman–Crippen MR) is 56.5 cm³/mol. The van der Waals surface area contributed by atoms with Crippen molar-refractivity contribution < 1.29 is 4.74 Å². The molecule has 0 aromatic rings. The fourth-order valence-electron chi connectivity index (χ4n) is 2.06. The molecule has 82 valence electrons. The molecule has 4 nitrogen and oxygen atoms in total. The molecule has 2 aliphatic rings. The average Bonchev–Trinajstić information content (AvgIpc) is 2.23. The van der Waals surface area contributed by atoms with Gasteiger partial charge in [-0.3, -0.25) is 4.90 Å². The molecule has 1 atom stereocenters. The molecule has 1 N–H and O–H groups in total. The van der Waals surface area contributed by atoms with Gasteiger partial charge in [0.05, 0.1) is 12.7 Å². The number of nitrogens with zero attached hydrogens (tertiary/aromatic N) is 2. The van der Waals surface area contributed by atoms with Crippen LogP contribution in [0, 0.1) is 0 Å². The Balaban J connectivity index is 1.68. The van der Waals surface area contributed by atoms with Crippen LogP contribution in [0.1, 0.15) is 0 Å². The van der Waals surface area contributed by atoms with Crippen LogP contribution in [-0.2, 0) is 4.74 Å². The van der Waals surface area contributed by atoms with Crippen LogP contribution in [0.15, 0.2) is 0 Å². The van der Waals surface area contributed by atoms with Crippen LogP contribution in [0.5, 0.6) is 0 Å². The van der Waals surface area contributed by atoms with E-state index in [1.807, 2.05) is 0 Å². The highest BCUT2D eigenvalue weighted by atomic mass is 16.5. The number of rotatable bonds is 2. The molecule has 2 fully saturated rings. The van der Waals surface area contributed by atoms with Gasteiger partial charge in [0, 0.05) is 45.8 Å². The Bertz CT molecular complexity index is 163. The SMILES string of the molecule is CN1CCN(C[C@@H]2CNCCO2)CC1. The lowest BCUT2D eigenvalue weighted by Gasteiger charge is -2.35. The normalized spacial score (nSPS) is 31.9. The first-order chi connectivity index (χ1) is 6.84. The quantitative estimate of drug-likeness (QED) is 0.631. The molecule has 0 spiro atoms. The Labute approximate surface area is 86.2 Å². The van der Waals surface area contributed by atoms with Crippen LogP contribution in [0.4, 0.5) is 0 Å². The highest BCUT2D eigenvalue weighted by Gasteiger charge is 2.20. The van der Waals surface area contributed by atoms with Gasteiger partial charge in [0.25, 0.3) is 0 Å². The Kier molecular flexibility index (Phi) is 3.75. The second-order valence-corrected chi connectivity index (χ2v) is 4.30. The molecule has 2 rings (SSSR count). The number of nitrogens with one attached hydrogen (secondary N) is 1. The summed E-state index contributed by atoms with van der Waals surface area (Å²) in [5, 5.41) is 3.37. The van der Waals surface area contributed by atoms with Gasteiger partial charge in [0.1, 0.15) is 0 Å². The third-order valence-corrected chi connectivity index (χ3v) is 3.06. The van der Waals surface area contributed by atoms with Gasteiger partial charge in [-0.1, -0.05) is 0 Å². The van der Waals surface area contributed by atoms with Crippen molar-refractivity contribution in [2.24, 2.45) is 0 Å². The molecule has 0 saturated carbocycles. The largest absolute Gasteiger partial charge is 0.374 e. The van der Waals surface area contributed by atoms with E-state index in [9.17, 15) is 0 Å². The van der Waals surface area contributed by atoms with Gasteiger partial charge in [-0.25, -0.2) is 0 Å². The molecule has 0 aromatic heterocycles. The summed E-state index contributed by atoms with van der Waals surface area (Å²) in [6.07, 6.45) is 0.409. The number of morpholine rings is 1. The van der Waals surface area contributed by atoms with E-state index in [1.165, 1.54) is 26.2 Å². The Morgan fingerprint density at radius 2 is 2.07 bits per heavy atom. The van der Waals surface area contributed by atoms with Crippen molar-refractivity contribution in [2.45, 2.75) is 6.10 Å². The standard InChI is InChI=1S/C10H21N3O/c1-12-3-5-13(6-4-12)9-10-8-11-2-7-14-10/h10-11H,2-9H2,1H3/t10-/m0/s1. The van der Waals surface area contributed by atoms with Gasteiger partial charge < -0.3 is 15.0 Å². The maximum atomic E-state index is 5.69. The number of likely N-dealkylation sites (N-methyl/N-ethyl adjacent to an activating group) is 1. The molecular weight excluding hydrogens is 178 g/mol. The van der Waals surface area contributed by atoms with Gasteiger partial charge in [-0.05, 0) is 7.05 Å². The first-order valence-electron chi connectivity index (χ1n) is 5.58. The van der Waals surface area contributed by atoms with Crippen LogP contribution in [0.3, 0.4) is 0 Å². The summed E-state index contributed by atoms with van der Waals surface area (Å²) in [6.45, 7) is 8.78. The van der Waals surface area contributed by atoms with Crippen molar-refractivity contribution in [2.75, 3.05) is 59.5 Å². The first-order valence-corrected chi connectivity index (χ1v) is 5.58. The van der Waals surface area contributed by atoms with Gasteiger partial charge in [0.2, 0.25) is 0 Å². The van der Waals surface area contributed by atoms with Crippen molar-refractivity contribution in [3.63, 3.8) is 0 Å². The molecule has 0 aliphatic carbocycles. The van der Waals surface area contributed by atoms with E-state index in [4.69, 9.17) is 4.74 Å². The Hall–Kier alpha value is -0.160. The van der Waals surface area contributed by atoms with Crippen LogP contribution >= 0.6 is 0 Å². The summed E-state index contributed by atoms with van der Waals surface area (Å²) in [4.78, 5) is 4.90. The molecule has 2 aliphatic heterocycles. The number of piperazine rings is 1. The van der Waals surface area contributed by atoms with Crippen LogP contribution < -0.4 is 5.32 Å². The number of hydrogen-bond donors (Lipinski definition) is 1. The van der Waals surface area contributed by atoms with E-state index in [0.29, 0.717) is 6.10 Å². The summed E-state index contributed by atoms with van der Waals surface area (Å²) in [5.41, 5.74) is 0. The zero-order valence-electron chi connectivity index (χ0n) is 9.04. The predicted octanol–water partition coefficient (Wildman–Crippen LogP) is -0.778. The molecule has 0 bridgehead atoms. The smallest absolute Gasteiger partial charge is 0.0826 e. The van der Waals surface area contributed by atoms with Gasteiger partial charge in [-0.2, -0.15) is 0 Å². The van der Waals surface area contributed by atoms with Crippen LogP contribution in [-0.4, -0.2) is 75.4 Å². The van der Waals surface area contributed by atoms with Crippen molar-refractivity contribution in [1.82, 2.24) is 15.1 Å². The molecule has 0 aromatic carbocycles. The maximum Gasteiger partial charge on any atom is 0.0826 e. The highest BCUT2D eigenvalue weighted by molar-refractivity contribution is 4.75. The van der Waals surface area contributed by atoms with Crippen LogP contribution in [0.25, 0.3) is 0 Å². The molecular formula is C10H21N3O. The molecule has 0 unspecified atom stereocenters. The van der Waals surface area contributed by atoms with Crippen molar-refractivity contribution in [1.29, 1.82) is 0 Å². The van der Waals surface area contributed by atoms with E-state index in [-0.39, 0.29) is 0 Å². The van der Waals surface area contributed by atoms with E-state index < -0.39 is 0 Å². The molecule has 0 amide bonds. The van der Waals surface area contributed by atoms with Crippen LogP contribution in [0.2, 0.25) is 0 Å². The minimum atomic E-state index is 0.409. The van der Waals surface area contributed by atoms with E-state index in [1.54, 1.807) is 0 Å². The summed E-state index contributed by atoms with van der Waals surface area (Å²) < 4.78 is 5.69. The monoisotopic (exact) mass is 199 g/mol. The lowest BCUT2D eigenvalue weighted by atomic mass is 10.2. The first kappa shape index (κ1) is 10.4. The second kappa shape index (κ2) is 5.07. The third-order valence-electron chi connectivity index (χ3n) is 3.06. The van der Waals surface area contributed by atoms with Crippen molar-refractivity contribution in [3.8, 4) is 0 Å². The van der Waals surface area contributed by atoms with Crippen molar-refractivity contribution in [3.05, 3.63) is 0 Å². The van der Waals surface area contributed by atoms with E-state index in [2.05, 4.69) is 22.2 Å². The summed E-state index contributed by atoms with van der Waals surface area (Å²) in [5.74, 6) is 0. The third kappa shape index (κ3) is 2.92. The molecule has 2 heterocycles. The Morgan fingerprint density at radius 1 is 1.29 bits per heavy atom. The molecule has 0 radical (unpaired) electrons. The van der Waals surface area contributed by atoms with Crippen molar-refractivity contribution >= 4 is 0 Å². The second-order valence-electron chi connectivity index (χ2n) is 4.30.